The monoisotopic (exact) mass is 659 g/mol. The van der Waals surface area contributed by atoms with E-state index in [-0.39, 0.29) is 34.1 Å². The summed E-state index contributed by atoms with van der Waals surface area (Å²) in [6.07, 6.45) is 5.38. The lowest BCUT2D eigenvalue weighted by atomic mass is 9.95. The second kappa shape index (κ2) is 15.1. The third-order valence-corrected chi connectivity index (χ3v) is 10.3. The molecular formula is C33H39Cl2N3O5S. The van der Waals surface area contributed by atoms with Gasteiger partial charge in [-0.15, -0.1) is 0 Å². The molecule has 44 heavy (non-hydrogen) atoms. The van der Waals surface area contributed by atoms with Gasteiger partial charge in [0.05, 0.1) is 22.7 Å². The fraction of sp³-hybridized carbons (Fsp3) is 0.394. The summed E-state index contributed by atoms with van der Waals surface area (Å²) in [5.41, 5.74) is 1.84. The van der Waals surface area contributed by atoms with Crippen molar-refractivity contribution in [1.29, 1.82) is 0 Å². The van der Waals surface area contributed by atoms with Gasteiger partial charge >= 0.3 is 0 Å². The van der Waals surface area contributed by atoms with Crippen LogP contribution in [0.2, 0.25) is 10.0 Å². The van der Waals surface area contributed by atoms with Crippen LogP contribution in [0.1, 0.15) is 56.6 Å². The fourth-order valence-electron chi connectivity index (χ4n) is 5.43. The van der Waals surface area contributed by atoms with Crippen LogP contribution in [0.5, 0.6) is 5.75 Å². The molecular weight excluding hydrogens is 621 g/mol. The maximum atomic E-state index is 14.3. The third-order valence-electron chi connectivity index (χ3n) is 7.91. The van der Waals surface area contributed by atoms with Gasteiger partial charge < -0.3 is 15.0 Å². The van der Waals surface area contributed by atoms with Crippen LogP contribution in [0.15, 0.2) is 71.6 Å². The van der Waals surface area contributed by atoms with Crippen molar-refractivity contribution in [1.82, 2.24) is 10.2 Å². The Morgan fingerprint density at radius 3 is 2.23 bits per heavy atom. The highest BCUT2D eigenvalue weighted by Crippen LogP contribution is 2.32. The van der Waals surface area contributed by atoms with Crippen molar-refractivity contribution in [3.05, 3.63) is 87.9 Å². The van der Waals surface area contributed by atoms with Gasteiger partial charge in [-0.25, -0.2) is 8.42 Å². The van der Waals surface area contributed by atoms with Crippen LogP contribution >= 0.6 is 23.2 Å². The highest BCUT2D eigenvalue weighted by molar-refractivity contribution is 7.92. The Balaban J connectivity index is 1.73. The molecule has 1 saturated carbocycles. The quantitative estimate of drug-likeness (QED) is 0.232. The Bertz CT molecular complexity index is 1540. The van der Waals surface area contributed by atoms with Crippen LogP contribution in [-0.2, 0) is 26.2 Å². The van der Waals surface area contributed by atoms with Gasteiger partial charge in [-0.05, 0) is 74.2 Å². The Morgan fingerprint density at radius 2 is 1.64 bits per heavy atom. The standard InChI is InChI=1S/C33H39Cl2N3O5S/c1-4-30(33(40)36-26-8-6-5-7-9-26)37(21-24-12-14-25(34)15-13-24)32(39)22-38(27-16-19-31(43-3)29(35)20-27)44(41,42)28-17-10-23(2)11-18-28/h10-20,26,30H,4-9,21-22H2,1-3H3,(H,36,40). The zero-order chi connectivity index (χ0) is 31.9. The van der Waals surface area contributed by atoms with Crippen LogP contribution in [-0.4, -0.2) is 50.9 Å². The van der Waals surface area contributed by atoms with E-state index < -0.39 is 28.5 Å². The van der Waals surface area contributed by atoms with E-state index in [9.17, 15) is 18.0 Å². The molecule has 11 heteroatoms. The number of hydrogen-bond donors (Lipinski definition) is 1. The number of nitrogens with one attached hydrogen (secondary N) is 1. The molecule has 0 radical (unpaired) electrons. The van der Waals surface area contributed by atoms with E-state index in [0.29, 0.717) is 17.2 Å². The lowest BCUT2D eigenvalue weighted by molar-refractivity contribution is -0.140. The average Bonchev–Trinajstić information content (AvgIpc) is 3.01. The number of hydrogen-bond acceptors (Lipinski definition) is 5. The first-order chi connectivity index (χ1) is 21.0. The van der Waals surface area contributed by atoms with E-state index >= 15 is 0 Å². The number of methoxy groups -OCH3 is 1. The molecule has 1 fully saturated rings. The predicted octanol–water partition coefficient (Wildman–Crippen LogP) is 6.76. The highest BCUT2D eigenvalue weighted by Gasteiger charge is 2.34. The zero-order valence-electron chi connectivity index (χ0n) is 25.3. The number of benzene rings is 3. The summed E-state index contributed by atoms with van der Waals surface area (Å²) in [7, 11) is -2.76. The summed E-state index contributed by atoms with van der Waals surface area (Å²) < 4.78 is 34.5. The first-order valence-corrected chi connectivity index (χ1v) is 17.0. The normalized spacial score (nSPS) is 14.5. The molecule has 0 spiro atoms. The topological polar surface area (TPSA) is 96.0 Å². The number of rotatable bonds is 12. The summed E-state index contributed by atoms with van der Waals surface area (Å²) in [4.78, 5) is 29.4. The Hall–Kier alpha value is -3.27. The molecule has 2 amide bonds. The fourth-order valence-corrected chi connectivity index (χ4v) is 7.21. The first kappa shape index (κ1) is 33.6. The summed E-state index contributed by atoms with van der Waals surface area (Å²) in [6.45, 7) is 3.24. The molecule has 0 aromatic heterocycles. The lowest BCUT2D eigenvalue weighted by Gasteiger charge is -2.34. The Labute approximate surface area is 270 Å². The van der Waals surface area contributed by atoms with Crippen molar-refractivity contribution in [2.45, 2.75) is 75.9 Å². The van der Waals surface area contributed by atoms with Crippen molar-refractivity contribution in [2.24, 2.45) is 0 Å². The van der Waals surface area contributed by atoms with E-state index in [1.165, 1.54) is 30.2 Å². The molecule has 4 rings (SSSR count). The molecule has 0 bridgehead atoms. The number of halogens is 2. The minimum Gasteiger partial charge on any atom is -0.495 e. The molecule has 1 unspecified atom stereocenters. The minimum absolute atomic E-state index is 0.0224. The minimum atomic E-state index is -4.22. The van der Waals surface area contributed by atoms with Crippen molar-refractivity contribution in [3.8, 4) is 5.75 Å². The Morgan fingerprint density at radius 1 is 0.977 bits per heavy atom. The smallest absolute Gasteiger partial charge is 0.264 e. The molecule has 1 N–H and O–H groups in total. The first-order valence-electron chi connectivity index (χ1n) is 14.8. The van der Waals surface area contributed by atoms with E-state index in [2.05, 4.69) is 5.32 Å². The third kappa shape index (κ3) is 8.25. The summed E-state index contributed by atoms with van der Waals surface area (Å²) in [5.74, 6) is -0.417. The van der Waals surface area contributed by atoms with Crippen molar-refractivity contribution >= 4 is 50.7 Å². The van der Waals surface area contributed by atoms with Crippen LogP contribution in [0.3, 0.4) is 0 Å². The second-order valence-electron chi connectivity index (χ2n) is 11.1. The second-order valence-corrected chi connectivity index (χ2v) is 13.8. The SMILES string of the molecule is CCC(C(=O)NC1CCCCC1)N(Cc1ccc(Cl)cc1)C(=O)CN(c1ccc(OC)c(Cl)c1)S(=O)(=O)c1ccc(C)cc1. The maximum Gasteiger partial charge on any atom is 0.264 e. The van der Waals surface area contributed by atoms with Crippen LogP contribution in [0, 0.1) is 6.92 Å². The molecule has 8 nitrogen and oxygen atoms in total. The molecule has 236 valence electrons. The number of carbonyl (C=O) groups excluding carboxylic acids is 2. The van der Waals surface area contributed by atoms with E-state index in [4.69, 9.17) is 27.9 Å². The molecule has 0 heterocycles. The number of aryl methyl sites for hydroxylation is 1. The van der Waals surface area contributed by atoms with Crippen molar-refractivity contribution in [3.63, 3.8) is 0 Å². The maximum absolute atomic E-state index is 14.3. The number of amides is 2. The van der Waals surface area contributed by atoms with Gasteiger partial charge in [-0.2, -0.15) is 0 Å². The van der Waals surface area contributed by atoms with Gasteiger partial charge in [0.15, 0.2) is 0 Å². The molecule has 0 aliphatic heterocycles. The number of nitrogens with zero attached hydrogens (tertiary/aromatic N) is 2. The Kier molecular flexibility index (Phi) is 11.6. The summed E-state index contributed by atoms with van der Waals surface area (Å²) in [6, 6.07) is 17.2. The van der Waals surface area contributed by atoms with Gasteiger partial charge in [0.2, 0.25) is 11.8 Å². The molecule has 3 aromatic rings. The van der Waals surface area contributed by atoms with Gasteiger partial charge in [0.25, 0.3) is 10.0 Å². The zero-order valence-corrected chi connectivity index (χ0v) is 27.6. The molecule has 1 aliphatic rings. The van der Waals surface area contributed by atoms with Crippen LogP contribution in [0.25, 0.3) is 0 Å². The molecule has 1 atom stereocenters. The van der Waals surface area contributed by atoms with Gasteiger partial charge in [0, 0.05) is 17.6 Å². The van der Waals surface area contributed by atoms with E-state index in [1.54, 1.807) is 48.5 Å². The van der Waals surface area contributed by atoms with Crippen molar-refractivity contribution < 1.29 is 22.7 Å². The molecule has 3 aromatic carbocycles. The van der Waals surface area contributed by atoms with Crippen LogP contribution < -0.4 is 14.4 Å². The number of ether oxygens (including phenoxy) is 1. The summed E-state index contributed by atoms with van der Waals surface area (Å²) in [5, 5.41) is 3.88. The van der Waals surface area contributed by atoms with E-state index in [1.807, 2.05) is 13.8 Å². The van der Waals surface area contributed by atoms with E-state index in [0.717, 1.165) is 47.5 Å². The summed E-state index contributed by atoms with van der Waals surface area (Å²) >= 11 is 12.5. The van der Waals surface area contributed by atoms with Gasteiger partial charge in [-0.3, -0.25) is 13.9 Å². The van der Waals surface area contributed by atoms with Gasteiger partial charge in [-0.1, -0.05) is 79.2 Å². The van der Waals surface area contributed by atoms with Crippen LogP contribution in [0.4, 0.5) is 5.69 Å². The highest BCUT2D eigenvalue weighted by atomic mass is 35.5. The number of carbonyl (C=O) groups is 2. The largest absolute Gasteiger partial charge is 0.495 e. The predicted molar refractivity (Wildman–Crippen MR) is 175 cm³/mol. The lowest BCUT2D eigenvalue weighted by Crippen LogP contribution is -2.54. The van der Waals surface area contributed by atoms with Gasteiger partial charge in [0.1, 0.15) is 18.3 Å². The van der Waals surface area contributed by atoms with Crippen molar-refractivity contribution in [2.75, 3.05) is 18.0 Å². The average molecular weight is 661 g/mol. The molecule has 1 aliphatic carbocycles. The molecule has 0 saturated heterocycles. The number of sulfonamides is 1. The number of anilines is 1.